The quantitative estimate of drug-likeness (QED) is 0.786. The molecule has 0 saturated carbocycles. The van der Waals surface area contributed by atoms with Crippen molar-refractivity contribution in [3.63, 3.8) is 0 Å². The van der Waals surface area contributed by atoms with E-state index in [0.717, 1.165) is 36.4 Å². The maximum absolute atomic E-state index is 12.4. The summed E-state index contributed by atoms with van der Waals surface area (Å²) < 4.78 is 74.5. The van der Waals surface area contributed by atoms with Gasteiger partial charge in [-0.25, -0.2) is 0 Å². The molecule has 2 rings (SSSR count). The van der Waals surface area contributed by atoms with Crippen LogP contribution in [0.15, 0.2) is 48.5 Å². The lowest BCUT2D eigenvalue weighted by atomic mass is 10.1. The van der Waals surface area contributed by atoms with Gasteiger partial charge in [-0.2, -0.15) is 26.3 Å². The second-order valence-corrected chi connectivity index (χ2v) is 4.99. The molecule has 0 unspecified atom stereocenters. The van der Waals surface area contributed by atoms with E-state index in [0.29, 0.717) is 5.56 Å². The average molecular weight is 347 g/mol. The monoisotopic (exact) mass is 347 g/mol. The molecule has 2 aromatic carbocycles. The summed E-state index contributed by atoms with van der Waals surface area (Å²) >= 11 is 0. The fourth-order valence-electron chi connectivity index (χ4n) is 1.94. The summed E-state index contributed by atoms with van der Waals surface area (Å²) in [4.78, 5) is 11.8. The predicted octanol–water partition coefficient (Wildman–Crippen LogP) is 4.91. The highest BCUT2D eigenvalue weighted by molar-refractivity contribution is 5.92. The Labute approximate surface area is 133 Å². The molecule has 1 N–H and O–H groups in total. The molecule has 0 aliphatic rings. The molecule has 0 fully saturated rings. The van der Waals surface area contributed by atoms with Crippen molar-refractivity contribution in [2.45, 2.75) is 18.8 Å². The van der Waals surface area contributed by atoms with Crippen LogP contribution in [0.4, 0.5) is 32.0 Å². The van der Waals surface area contributed by atoms with Crippen molar-refractivity contribution < 1.29 is 31.1 Å². The second-order valence-electron chi connectivity index (χ2n) is 4.99. The Morgan fingerprint density at radius 3 is 1.58 bits per heavy atom. The molecule has 1 amide bonds. The van der Waals surface area contributed by atoms with E-state index in [9.17, 15) is 31.1 Å². The summed E-state index contributed by atoms with van der Waals surface area (Å²) in [6, 6.07) is 7.94. The van der Waals surface area contributed by atoms with Gasteiger partial charge in [0.1, 0.15) is 0 Å². The molecule has 2 aromatic rings. The number of anilines is 1. The van der Waals surface area contributed by atoms with Gasteiger partial charge >= 0.3 is 12.4 Å². The number of hydrogen-bond donors (Lipinski definition) is 1. The zero-order valence-electron chi connectivity index (χ0n) is 12.0. The molecule has 0 aliphatic heterocycles. The summed E-state index contributed by atoms with van der Waals surface area (Å²) in [5, 5.41) is 2.39. The Morgan fingerprint density at radius 2 is 1.17 bits per heavy atom. The van der Waals surface area contributed by atoms with Gasteiger partial charge in [-0.05, 0) is 42.0 Å². The smallest absolute Gasteiger partial charge is 0.326 e. The number of benzene rings is 2. The largest absolute Gasteiger partial charge is 0.416 e. The Balaban J connectivity index is 1.98. The van der Waals surface area contributed by atoms with Crippen LogP contribution < -0.4 is 5.32 Å². The number of halogens is 6. The van der Waals surface area contributed by atoms with Gasteiger partial charge in [0.2, 0.25) is 5.91 Å². The molecule has 0 spiro atoms. The summed E-state index contributed by atoms with van der Waals surface area (Å²) in [5.41, 5.74) is -1.15. The van der Waals surface area contributed by atoms with Gasteiger partial charge in [0.25, 0.3) is 0 Å². The lowest BCUT2D eigenvalue weighted by Gasteiger charge is -2.09. The van der Waals surface area contributed by atoms with Crippen LogP contribution in [0.25, 0.3) is 0 Å². The number of carbonyl (C=O) groups excluding carboxylic acids is 1. The van der Waals surface area contributed by atoms with E-state index in [4.69, 9.17) is 0 Å². The molecule has 0 radical (unpaired) electrons. The van der Waals surface area contributed by atoms with Crippen LogP contribution in [-0.4, -0.2) is 5.91 Å². The van der Waals surface area contributed by atoms with Crippen molar-refractivity contribution in [3.05, 3.63) is 65.2 Å². The first-order valence-electron chi connectivity index (χ1n) is 6.69. The van der Waals surface area contributed by atoms with E-state index in [1.54, 1.807) is 0 Å². The Hall–Kier alpha value is -2.51. The first kappa shape index (κ1) is 17.8. The Bertz CT molecular complexity index is 640. The van der Waals surface area contributed by atoms with Gasteiger partial charge in [0.15, 0.2) is 0 Å². The SMILES string of the molecule is O=C(Cc1ccc(C(F)(F)F)cc1)Nc1ccc(C(F)(F)F)cc1. The van der Waals surface area contributed by atoms with E-state index in [2.05, 4.69) is 5.32 Å². The van der Waals surface area contributed by atoms with Gasteiger partial charge in [-0.3, -0.25) is 4.79 Å². The van der Waals surface area contributed by atoms with E-state index in [1.807, 2.05) is 0 Å². The number of carbonyl (C=O) groups is 1. The third kappa shape index (κ3) is 4.74. The van der Waals surface area contributed by atoms with E-state index in [1.165, 1.54) is 12.1 Å². The molecule has 0 bridgehead atoms. The Kier molecular flexibility index (Phi) is 4.86. The molecule has 0 heterocycles. The molecular formula is C16H11F6NO. The molecule has 0 atom stereocenters. The normalized spacial score (nSPS) is 12.1. The minimum absolute atomic E-state index is 0.167. The first-order valence-corrected chi connectivity index (χ1v) is 6.69. The van der Waals surface area contributed by atoms with Gasteiger partial charge < -0.3 is 5.32 Å². The van der Waals surface area contributed by atoms with Crippen molar-refractivity contribution in [1.82, 2.24) is 0 Å². The summed E-state index contributed by atoms with van der Waals surface area (Å²) in [6.45, 7) is 0. The predicted molar refractivity (Wildman–Crippen MR) is 75.2 cm³/mol. The van der Waals surface area contributed by atoms with Crippen LogP contribution in [-0.2, 0) is 23.6 Å². The molecular weight excluding hydrogens is 336 g/mol. The van der Waals surface area contributed by atoms with Crippen molar-refractivity contribution in [2.24, 2.45) is 0 Å². The highest BCUT2D eigenvalue weighted by Crippen LogP contribution is 2.30. The zero-order valence-corrected chi connectivity index (χ0v) is 12.0. The van der Waals surface area contributed by atoms with Crippen molar-refractivity contribution in [1.29, 1.82) is 0 Å². The lowest BCUT2D eigenvalue weighted by Crippen LogP contribution is -2.15. The molecule has 2 nitrogen and oxygen atoms in total. The molecule has 8 heteroatoms. The lowest BCUT2D eigenvalue weighted by molar-refractivity contribution is -0.138. The summed E-state index contributed by atoms with van der Waals surface area (Å²) in [6.07, 6.45) is -9.12. The van der Waals surface area contributed by atoms with E-state index in [-0.39, 0.29) is 12.1 Å². The maximum Gasteiger partial charge on any atom is 0.416 e. The Morgan fingerprint density at radius 1 is 0.750 bits per heavy atom. The highest BCUT2D eigenvalue weighted by atomic mass is 19.4. The molecule has 24 heavy (non-hydrogen) atoms. The number of amides is 1. The van der Waals surface area contributed by atoms with Crippen LogP contribution in [0.5, 0.6) is 0 Å². The van der Waals surface area contributed by atoms with Gasteiger partial charge in [0.05, 0.1) is 17.5 Å². The fourth-order valence-corrected chi connectivity index (χ4v) is 1.94. The number of rotatable bonds is 3. The van der Waals surface area contributed by atoms with Gasteiger partial charge in [-0.1, -0.05) is 12.1 Å². The molecule has 128 valence electrons. The third-order valence-corrected chi connectivity index (χ3v) is 3.14. The van der Waals surface area contributed by atoms with Crippen molar-refractivity contribution in [3.8, 4) is 0 Å². The van der Waals surface area contributed by atoms with Crippen molar-refractivity contribution in [2.75, 3.05) is 5.32 Å². The standard InChI is InChI=1S/C16H11F6NO/c17-15(18,19)11-3-1-10(2-4-11)9-14(24)23-13-7-5-12(6-8-13)16(20,21)22/h1-8H,9H2,(H,23,24). The van der Waals surface area contributed by atoms with Crippen LogP contribution in [0.1, 0.15) is 16.7 Å². The molecule has 0 saturated heterocycles. The molecule has 0 aromatic heterocycles. The van der Waals surface area contributed by atoms with Gasteiger partial charge in [-0.15, -0.1) is 0 Å². The first-order chi connectivity index (χ1) is 11.1. The van der Waals surface area contributed by atoms with Crippen LogP contribution in [0.3, 0.4) is 0 Å². The number of alkyl halides is 6. The third-order valence-electron chi connectivity index (χ3n) is 3.14. The number of hydrogen-bond acceptors (Lipinski definition) is 1. The zero-order chi connectivity index (χ0) is 18.0. The minimum Gasteiger partial charge on any atom is -0.326 e. The average Bonchev–Trinajstić information content (AvgIpc) is 2.46. The topological polar surface area (TPSA) is 29.1 Å². The van der Waals surface area contributed by atoms with Gasteiger partial charge in [0, 0.05) is 5.69 Å². The molecule has 0 aliphatic carbocycles. The van der Waals surface area contributed by atoms with E-state index >= 15 is 0 Å². The van der Waals surface area contributed by atoms with Crippen LogP contribution in [0, 0.1) is 0 Å². The van der Waals surface area contributed by atoms with Crippen LogP contribution in [0.2, 0.25) is 0 Å². The van der Waals surface area contributed by atoms with Crippen LogP contribution >= 0.6 is 0 Å². The number of nitrogens with one attached hydrogen (secondary N) is 1. The summed E-state index contributed by atoms with van der Waals surface area (Å²) in [7, 11) is 0. The fraction of sp³-hybridized carbons (Fsp3) is 0.188. The second kappa shape index (κ2) is 6.54. The maximum atomic E-state index is 12.4. The minimum atomic E-state index is -4.47. The summed E-state index contributed by atoms with van der Waals surface area (Å²) in [5.74, 6) is -0.547. The van der Waals surface area contributed by atoms with E-state index < -0.39 is 29.4 Å². The van der Waals surface area contributed by atoms with Crippen molar-refractivity contribution >= 4 is 11.6 Å². The highest BCUT2D eigenvalue weighted by Gasteiger charge is 2.30.